The monoisotopic (exact) mass is 247 g/mol. The van der Waals surface area contributed by atoms with Gasteiger partial charge in [0.15, 0.2) is 5.78 Å². The molecule has 0 saturated carbocycles. The van der Waals surface area contributed by atoms with Crippen molar-refractivity contribution in [2.75, 3.05) is 0 Å². The van der Waals surface area contributed by atoms with Crippen LogP contribution in [0, 0.1) is 6.92 Å². The first-order chi connectivity index (χ1) is 8.16. The number of hydrogen-bond acceptors (Lipinski definition) is 4. The summed E-state index contributed by atoms with van der Waals surface area (Å²) in [6.45, 7) is 1.90. The lowest BCUT2D eigenvalue weighted by Crippen LogP contribution is -2.14. The lowest BCUT2D eigenvalue weighted by atomic mass is 10.0. The zero-order valence-electron chi connectivity index (χ0n) is 9.46. The second-order valence-electron chi connectivity index (χ2n) is 3.81. The van der Waals surface area contributed by atoms with Crippen molar-refractivity contribution in [1.82, 2.24) is 4.98 Å². The molecule has 1 heterocycles. The van der Waals surface area contributed by atoms with Gasteiger partial charge in [0.25, 0.3) is 0 Å². The number of aryl methyl sites for hydroxylation is 1. The number of aliphatic hydroxyl groups excluding tert-OH is 1. The molecule has 0 aliphatic rings. The molecular weight excluding hydrogens is 234 g/mol. The predicted molar refractivity (Wildman–Crippen MR) is 67.0 cm³/mol. The summed E-state index contributed by atoms with van der Waals surface area (Å²) < 4.78 is 0. The Kier molecular flexibility index (Phi) is 3.66. The highest BCUT2D eigenvalue weighted by Crippen LogP contribution is 2.16. The number of rotatable bonds is 4. The van der Waals surface area contributed by atoms with Gasteiger partial charge in [-0.2, -0.15) is 0 Å². The molecule has 88 valence electrons. The van der Waals surface area contributed by atoms with Crippen molar-refractivity contribution >= 4 is 17.1 Å². The lowest BCUT2D eigenvalue weighted by Gasteiger charge is -2.08. The standard InChI is InChI=1S/C13H13NO2S/c1-9-14-11(8-17-9)7-12(15)13(16)10-5-3-2-4-6-10/h2-6,8,13,16H,7H2,1H3. The van der Waals surface area contributed by atoms with Crippen molar-refractivity contribution in [3.05, 3.63) is 52.0 Å². The molecule has 0 spiro atoms. The predicted octanol–water partition coefficient (Wildman–Crippen LogP) is 2.30. The Morgan fingerprint density at radius 3 is 2.71 bits per heavy atom. The van der Waals surface area contributed by atoms with E-state index in [9.17, 15) is 9.90 Å². The van der Waals surface area contributed by atoms with E-state index < -0.39 is 6.10 Å². The number of benzene rings is 1. The Hall–Kier alpha value is -1.52. The molecule has 0 bridgehead atoms. The molecule has 0 radical (unpaired) electrons. The molecule has 0 aliphatic heterocycles. The molecular formula is C13H13NO2S. The molecule has 0 amide bonds. The molecule has 1 atom stereocenters. The van der Waals surface area contributed by atoms with E-state index in [2.05, 4.69) is 4.98 Å². The fraction of sp³-hybridized carbons (Fsp3) is 0.231. The first-order valence-corrected chi connectivity index (χ1v) is 6.21. The van der Waals surface area contributed by atoms with Gasteiger partial charge in [0.1, 0.15) is 6.10 Å². The minimum Gasteiger partial charge on any atom is -0.381 e. The highest BCUT2D eigenvalue weighted by molar-refractivity contribution is 7.09. The van der Waals surface area contributed by atoms with Crippen molar-refractivity contribution in [3.63, 3.8) is 0 Å². The van der Waals surface area contributed by atoms with E-state index >= 15 is 0 Å². The maximum Gasteiger partial charge on any atom is 0.171 e. The Balaban J connectivity index is 2.06. The first-order valence-electron chi connectivity index (χ1n) is 5.33. The van der Waals surface area contributed by atoms with Crippen molar-refractivity contribution in [1.29, 1.82) is 0 Å². The summed E-state index contributed by atoms with van der Waals surface area (Å²) in [5.74, 6) is -0.221. The van der Waals surface area contributed by atoms with E-state index in [0.717, 1.165) is 10.7 Å². The van der Waals surface area contributed by atoms with Crippen LogP contribution in [0.5, 0.6) is 0 Å². The highest BCUT2D eigenvalue weighted by Gasteiger charge is 2.18. The minimum absolute atomic E-state index is 0.181. The molecule has 1 aromatic carbocycles. The lowest BCUT2D eigenvalue weighted by molar-refractivity contribution is -0.126. The summed E-state index contributed by atoms with van der Waals surface area (Å²) in [6.07, 6.45) is -0.876. The number of aliphatic hydroxyl groups is 1. The zero-order valence-corrected chi connectivity index (χ0v) is 10.3. The summed E-state index contributed by atoms with van der Waals surface area (Å²) in [4.78, 5) is 16.1. The van der Waals surface area contributed by atoms with Gasteiger partial charge in [0.2, 0.25) is 0 Å². The van der Waals surface area contributed by atoms with Crippen LogP contribution in [0.1, 0.15) is 22.4 Å². The van der Waals surface area contributed by atoms with Gasteiger partial charge >= 0.3 is 0 Å². The molecule has 0 fully saturated rings. The van der Waals surface area contributed by atoms with E-state index in [1.807, 2.05) is 18.4 Å². The number of aromatic nitrogens is 1. The molecule has 2 aromatic rings. The normalized spacial score (nSPS) is 12.4. The molecule has 3 nitrogen and oxygen atoms in total. The van der Waals surface area contributed by atoms with Crippen LogP contribution in [-0.4, -0.2) is 15.9 Å². The fourth-order valence-electron chi connectivity index (χ4n) is 1.59. The molecule has 0 aliphatic carbocycles. The van der Waals surface area contributed by atoms with E-state index in [-0.39, 0.29) is 12.2 Å². The quantitative estimate of drug-likeness (QED) is 0.902. The SMILES string of the molecule is Cc1nc(CC(=O)C(O)c2ccccc2)cs1. The highest BCUT2D eigenvalue weighted by atomic mass is 32.1. The van der Waals surface area contributed by atoms with E-state index in [0.29, 0.717) is 5.56 Å². The summed E-state index contributed by atoms with van der Waals surface area (Å²) in [5, 5.41) is 12.7. The molecule has 4 heteroatoms. The molecule has 1 unspecified atom stereocenters. The molecule has 17 heavy (non-hydrogen) atoms. The number of hydrogen-bond donors (Lipinski definition) is 1. The Bertz CT molecular complexity index is 507. The van der Waals surface area contributed by atoms with Crippen LogP contribution in [0.2, 0.25) is 0 Å². The summed E-state index contributed by atoms with van der Waals surface area (Å²) in [7, 11) is 0. The number of Topliss-reactive ketones (excluding diaryl/α,β-unsaturated/α-hetero) is 1. The molecule has 1 N–H and O–H groups in total. The largest absolute Gasteiger partial charge is 0.381 e. The smallest absolute Gasteiger partial charge is 0.171 e. The van der Waals surface area contributed by atoms with Crippen LogP contribution in [0.15, 0.2) is 35.7 Å². The third-order valence-corrected chi connectivity index (χ3v) is 3.26. The Labute approximate surface area is 104 Å². The minimum atomic E-state index is -1.06. The van der Waals surface area contributed by atoms with Crippen molar-refractivity contribution < 1.29 is 9.90 Å². The Morgan fingerprint density at radius 2 is 2.12 bits per heavy atom. The van der Waals surface area contributed by atoms with Crippen molar-refractivity contribution in [2.24, 2.45) is 0 Å². The van der Waals surface area contributed by atoms with Crippen molar-refractivity contribution in [3.8, 4) is 0 Å². The average Bonchev–Trinajstić information content (AvgIpc) is 2.75. The van der Waals surface area contributed by atoms with Gasteiger partial charge in [-0.15, -0.1) is 11.3 Å². The maximum absolute atomic E-state index is 11.8. The van der Waals surface area contributed by atoms with E-state index in [1.165, 1.54) is 11.3 Å². The number of thiazole rings is 1. The zero-order chi connectivity index (χ0) is 12.3. The third kappa shape index (κ3) is 2.99. The van der Waals surface area contributed by atoms with Gasteiger partial charge in [-0.05, 0) is 12.5 Å². The number of nitrogens with zero attached hydrogens (tertiary/aromatic N) is 1. The van der Waals surface area contributed by atoms with Crippen molar-refractivity contribution in [2.45, 2.75) is 19.4 Å². The van der Waals surface area contributed by atoms with Crippen LogP contribution in [0.25, 0.3) is 0 Å². The number of carbonyl (C=O) groups excluding carboxylic acids is 1. The summed E-state index contributed by atoms with van der Waals surface area (Å²) in [5.41, 5.74) is 1.36. The fourth-order valence-corrected chi connectivity index (χ4v) is 2.20. The summed E-state index contributed by atoms with van der Waals surface area (Å²) in [6, 6.07) is 8.95. The van der Waals surface area contributed by atoms with Gasteiger partial charge < -0.3 is 5.11 Å². The maximum atomic E-state index is 11.8. The Morgan fingerprint density at radius 1 is 1.41 bits per heavy atom. The second kappa shape index (κ2) is 5.21. The van der Waals surface area contributed by atoms with Gasteiger partial charge in [-0.25, -0.2) is 4.98 Å². The number of ketones is 1. The van der Waals surface area contributed by atoms with Crippen LogP contribution in [-0.2, 0) is 11.2 Å². The number of carbonyl (C=O) groups is 1. The van der Waals surface area contributed by atoms with Crippen LogP contribution < -0.4 is 0 Å². The van der Waals surface area contributed by atoms with Crippen LogP contribution in [0.3, 0.4) is 0 Å². The van der Waals surface area contributed by atoms with Gasteiger partial charge in [-0.3, -0.25) is 4.79 Å². The molecule has 2 rings (SSSR count). The third-order valence-electron chi connectivity index (χ3n) is 2.44. The van der Waals surface area contributed by atoms with E-state index in [4.69, 9.17) is 0 Å². The van der Waals surface area contributed by atoms with E-state index in [1.54, 1.807) is 24.3 Å². The summed E-state index contributed by atoms with van der Waals surface area (Å²) >= 11 is 1.51. The first kappa shape index (κ1) is 12.0. The average molecular weight is 247 g/mol. The second-order valence-corrected chi connectivity index (χ2v) is 4.88. The topological polar surface area (TPSA) is 50.2 Å². The van der Waals surface area contributed by atoms with Gasteiger partial charge in [0, 0.05) is 5.38 Å². The van der Waals surface area contributed by atoms with Gasteiger partial charge in [-0.1, -0.05) is 30.3 Å². The molecule has 0 saturated heterocycles. The molecule has 1 aromatic heterocycles. The van der Waals surface area contributed by atoms with Crippen LogP contribution in [0.4, 0.5) is 0 Å². The van der Waals surface area contributed by atoms with Crippen LogP contribution >= 0.6 is 11.3 Å². The van der Waals surface area contributed by atoms with Gasteiger partial charge in [0.05, 0.1) is 17.1 Å².